The Kier molecular flexibility index (Phi) is 4.90. The van der Waals surface area contributed by atoms with Crippen LogP contribution in [0, 0.1) is 24.0 Å². The molecule has 2 aromatic rings. The summed E-state index contributed by atoms with van der Waals surface area (Å²) >= 11 is 0. The maximum atomic E-state index is 13.9. The van der Waals surface area contributed by atoms with Gasteiger partial charge in [-0.15, -0.1) is 6.42 Å². The van der Waals surface area contributed by atoms with E-state index in [9.17, 15) is 13.6 Å². The molecule has 2 nitrogen and oxygen atoms in total. The van der Waals surface area contributed by atoms with Crippen molar-refractivity contribution in [2.75, 3.05) is 0 Å². The Hall–Kier alpha value is -2.67. The van der Waals surface area contributed by atoms with Gasteiger partial charge in [-0.3, -0.25) is 4.79 Å². The molecule has 0 saturated heterocycles. The van der Waals surface area contributed by atoms with Crippen LogP contribution in [0.5, 0.6) is 0 Å². The van der Waals surface area contributed by atoms with Gasteiger partial charge in [0.1, 0.15) is 11.6 Å². The van der Waals surface area contributed by atoms with Gasteiger partial charge in [0.15, 0.2) is 6.10 Å². The van der Waals surface area contributed by atoms with E-state index in [1.54, 1.807) is 31.2 Å². The van der Waals surface area contributed by atoms with Crippen LogP contribution in [0.1, 0.15) is 12.5 Å². The Balaban J connectivity index is 2.36. The predicted molar refractivity (Wildman–Crippen MR) is 79.9 cm³/mol. The Morgan fingerprint density at radius 1 is 1.18 bits per heavy atom. The number of esters is 1. The van der Waals surface area contributed by atoms with Crippen LogP contribution in [0.25, 0.3) is 11.1 Å². The summed E-state index contributed by atoms with van der Waals surface area (Å²) in [6.45, 7) is 1.57. The monoisotopic (exact) mass is 300 g/mol. The first-order valence-corrected chi connectivity index (χ1v) is 6.71. The van der Waals surface area contributed by atoms with Crippen LogP contribution in [0.2, 0.25) is 0 Å². The van der Waals surface area contributed by atoms with Crippen molar-refractivity contribution in [2.24, 2.45) is 0 Å². The minimum atomic E-state index is -0.683. The molecular weight excluding hydrogens is 286 g/mol. The van der Waals surface area contributed by atoms with Crippen molar-refractivity contribution in [1.82, 2.24) is 0 Å². The first kappa shape index (κ1) is 15.7. The van der Waals surface area contributed by atoms with Gasteiger partial charge in [-0.2, -0.15) is 0 Å². The fraction of sp³-hybridized carbons (Fsp3) is 0.167. The van der Waals surface area contributed by atoms with Crippen LogP contribution in [-0.2, 0) is 16.0 Å². The molecule has 0 aromatic heterocycles. The van der Waals surface area contributed by atoms with Crippen molar-refractivity contribution in [3.05, 3.63) is 59.7 Å². The van der Waals surface area contributed by atoms with E-state index in [1.165, 1.54) is 18.2 Å². The minimum absolute atomic E-state index is 0.115. The van der Waals surface area contributed by atoms with E-state index in [0.717, 1.165) is 0 Å². The van der Waals surface area contributed by atoms with E-state index < -0.39 is 23.7 Å². The summed E-state index contributed by atoms with van der Waals surface area (Å²) in [6, 6.07) is 10.2. The Labute approximate surface area is 127 Å². The molecule has 0 aliphatic heterocycles. The highest BCUT2D eigenvalue weighted by Gasteiger charge is 2.17. The fourth-order valence-corrected chi connectivity index (χ4v) is 2.10. The third-order valence-electron chi connectivity index (χ3n) is 3.13. The summed E-state index contributed by atoms with van der Waals surface area (Å²) in [5.41, 5.74) is 0.639. The van der Waals surface area contributed by atoms with Gasteiger partial charge in [0.2, 0.25) is 0 Å². The van der Waals surface area contributed by atoms with E-state index in [-0.39, 0.29) is 12.0 Å². The number of benzene rings is 2. The van der Waals surface area contributed by atoms with E-state index in [1.807, 2.05) is 0 Å². The molecule has 0 spiro atoms. The van der Waals surface area contributed by atoms with Crippen LogP contribution >= 0.6 is 0 Å². The van der Waals surface area contributed by atoms with Crippen molar-refractivity contribution < 1.29 is 18.3 Å². The lowest BCUT2D eigenvalue weighted by Crippen LogP contribution is -2.15. The number of carbonyl (C=O) groups excluding carboxylic acids is 1. The zero-order valence-corrected chi connectivity index (χ0v) is 12.0. The second kappa shape index (κ2) is 6.86. The molecule has 112 valence electrons. The lowest BCUT2D eigenvalue weighted by atomic mass is 9.97. The molecule has 0 saturated carbocycles. The van der Waals surface area contributed by atoms with Gasteiger partial charge in [0.05, 0.1) is 12.0 Å². The third kappa shape index (κ3) is 3.50. The normalized spacial score (nSPS) is 11.5. The van der Waals surface area contributed by atoms with Crippen molar-refractivity contribution in [3.8, 4) is 23.5 Å². The molecular formula is C18H14F2O2. The average molecular weight is 300 g/mol. The summed E-state index contributed by atoms with van der Waals surface area (Å²) < 4.78 is 32.9. The molecule has 4 heteroatoms. The second-order valence-electron chi connectivity index (χ2n) is 4.73. The van der Waals surface area contributed by atoms with Gasteiger partial charge in [-0.25, -0.2) is 8.78 Å². The molecule has 0 N–H and O–H groups in total. The Morgan fingerprint density at radius 3 is 2.45 bits per heavy atom. The highest BCUT2D eigenvalue weighted by molar-refractivity contribution is 5.78. The highest BCUT2D eigenvalue weighted by Crippen LogP contribution is 2.29. The minimum Gasteiger partial charge on any atom is -0.449 e. The Bertz CT molecular complexity index is 712. The number of rotatable bonds is 4. The SMILES string of the molecule is C#CC(C)OC(=O)Cc1ccccc1-c1c(F)cccc1F. The zero-order chi connectivity index (χ0) is 16.1. The number of hydrogen-bond donors (Lipinski definition) is 0. The van der Waals surface area contributed by atoms with Crippen molar-refractivity contribution in [2.45, 2.75) is 19.4 Å². The van der Waals surface area contributed by atoms with Crippen LogP contribution in [-0.4, -0.2) is 12.1 Å². The molecule has 0 heterocycles. The van der Waals surface area contributed by atoms with E-state index in [2.05, 4.69) is 5.92 Å². The molecule has 2 rings (SSSR count). The number of hydrogen-bond acceptors (Lipinski definition) is 2. The van der Waals surface area contributed by atoms with Crippen LogP contribution < -0.4 is 0 Å². The summed E-state index contributed by atoms with van der Waals surface area (Å²) in [4.78, 5) is 11.8. The lowest BCUT2D eigenvalue weighted by molar-refractivity contribution is -0.144. The van der Waals surface area contributed by atoms with E-state index in [0.29, 0.717) is 11.1 Å². The molecule has 0 amide bonds. The predicted octanol–water partition coefficient (Wildman–Crippen LogP) is 3.74. The van der Waals surface area contributed by atoms with E-state index >= 15 is 0 Å². The smallest absolute Gasteiger partial charge is 0.311 e. The van der Waals surface area contributed by atoms with Gasteiger partial charge >= 0.3 is 5.97 Å². The largest absolute Gasteiger partial charge is 0.449 e. The standard InChI is InChI=1S/C18H14F2O2/c1-3-12(2)22-17(21)11-13-7-4-5-8-14(13)18-15(19)9-6-10-16(18)20/h1,4-10,12H,11H2,2H3. The molecule has 22 heavy (non-hydrogen) atoms. The summed E-state index contributed by atoms with van der Waals surface area (Å²) in [5.74, 6) is 0.371. The molecule has 0 aliphatic carbocycles. The number of terminal acetylenes is 1. The molecule has 1 atom stereocenters. The first-order valence-electron chi connectivity index (χ1n) is 6.71. The fourth-order valence-electron chi connectivity index (χ4n) is 2.10. The maximum Gasteiger partial charge on any atom is 0.311 e. The van der Waals surface area contributed by atoms with Crippen molar-refractivity contribution in [1.29, 1.82) is 0 Å². The van der Waals surface area contributed by atoms with Gasteiger partial charge in [0, 0.05) is 0 Å². The van der Waals surface area contributed by atoms with Gasteiger partial charge < -0.3 is 4.74 Å². The summed E-state index contributed by atoms with van der Waals surface area (Å²) in [7, 11) is 0. The number of halogens is 2. The maximum absolute atomic E-state index is 13.9. The zero-order valence-electron chi connectivity index (χ0n) is 12.0. The number of carbonyl (C=O) groups is 1. The lowest BCUT2D eigenvalue weighted by Gasteiger charge is -2.12. The molecule has 1 unspecified atom stereocenters. The van der Waals surface area contributed by atoms with Crippen molar-refractivity contribution >= 4 is 5.97 Å². The second-order valence-corrected chi connectivity index (χ2v) is 4.73. The molecule has 2 aromatic carbocycles. The van der Waals surface area contributed by atoms with E-state index in [4.69, 9.17) is 11.2 Å². The molecule has 0 fully saturated rings. The van der Waals surface area contributed by atoms with Gasteiger partial charge in [0.25, 0.3) is 0 Å². The summed E-state index contributed by atoms with van der Waals surface area (Å²) in [5, 5.41) is 0. The van der Waals surface area contributed by atoms with Crippen LogP contribution in [0.4, 0.5) is 8.78 Å². The molecule has 0 bridgehead atoms. The van der Waals surface area contributed by atoms with Gasteiger partial charge in [-0.05, 0) is 30.2 Å². The number of ether oxygens (including phenoxy) is 1. The highest BCUT2D eigenvalue weighted by atomic mass is 19.1. The van der Waals surface area contributed by atoms with Crippen molar-refractivity contribution in [3.63, 3.8) is 0 Å². The Morgan fingerprint density at radius 2 is 1.82 bits per heavy atom. The third-order valence-corrected chi connectivity index (χ3v) is 3.13. The quantitative estimate of drug-likeness (QED) is 0.635. The first-order chi connectivity index (χ1) is 10.5. The average Bonchev–Trinajstić information content (AvgIpc) is 2.48. The molecule has 0 aliphatic rings. The topological polar surface area (TPSA) is 26.3 Å². The van der Waals surface area contributed by atoms with Crippen LogP contribution in [0.3, 0.4) is 0 Å². The van der Waals surface area contributed by atoms with Crippen LogP contribution in [0.15, 0.2) is 42.5 Å². The van der Waals surface area contributed by atoms with Gasteiger partial charge in [-0.1, -0.05) is 36.3 Å². The summed E-state index contributed by atoms with van der Waals surface area (Å²) in [6.07, 6.45) is 4.38. The molecule has 0 radical (unpaired) electrons.